The molecule has 0 saturated carbocycles. The van der Waals surface area contributed by atoms with Gasteiger partial charge < -0.3 is 10.1 Å². The first-order valence-corrected chi connectivity index (χ1v) is 9.35. The van der Waals surface area contributed by atoms with Gasteiger partial charge in [0.1, 0.15) is 0 Å². The third-order valence-electron chi connectivity index (χ3n) is 4.30. The molecule has 0 bridgehead atoms. The van der Waals surface area contributed by atoms with Crippen LogP contribution in [0.1, 0.15) is 35.7 Å². The molecule has 1 aromatic rings. The van der Waals surface area contributed by atoms with Gasteiger partial charge in [-0.05, 0) is 43.0 Å². The molecule has 0 radical (unpaired) electrons. The van der Waals surface area contributed by atoms with Crippen molar-refractivity contribution >= 4 is 16.0 Å². The van der Waals surface area contributed by atoms with Gasteiger partial charge in [-0.3, -0.25) is 0 Å². The molecule has 0 unspecified atom stereocenters. The van der Waals surface area contributed by atoms with Crippen LogP contribution in [0.4, 0.5) is 0 Å². The molecule has 0 aromatic heterocycles. The average molecular weight is 340 g/mol. The maximum atomic E-state index is 12.4. The molecule has 23 heavy (non-hydrogen) atoms. The molecule has 1 fully saturated rings. The van der Waals surface area contributed by atoms with Gasteiger partial charge >= 0.3 is 5.97 Å². The third-order valence-corrected chi connectivity index (χ3v) is 5.57. The fourth-order valence-corrected chi connectivity index (χ4v) is 4.03. The zero-order chi connectivity index (χ0) is 16.9. The number of carbonyl (C=O) groups excluding carboxylic acids is 1. The second-order valence-electron chi connectivity index (χ2n) is 6.29. The smallest absolute Gasteiger partial charge is 0.338 e. The number of piperidine rings is 1. The first-order chi connectivity index (χ1) is 10.9. The van der Waals surface area contributed by atoms with Crippen LogP contribution in [0.3, 0.4) is 0 Å². The van der Waals surface area contributed by atoms with Crippen LogP contribution < -0.4 is 10.0 Å². The number of sulfonamides is 1. The van der Waals surface area contributed by atoms with Gasteiger partial charge in [-0.1, -0.05) is 25.1 Å². The monoisotopic (exact) mass is 340 g/mol. The van der Waals surface area contributed by atoms with E-state index in [-0.39, 0.29) is 16.7 Å². The van der Waals surface area contributed by atoms with E-state index in [1.807, 2.05) is 0 Å². The van der Waals surface area contributed by atoms with Gasteiger partial charge in [0.2, 0.25) is 10.0 Å². The highest BCUT2D eigenvalue weighted by Crippen LogP contribution is 2.27. The van der Waals surface area contributed by atoms with Crippen molar-refractivity contribution in [2.75, 3.05) is 26.7 Å². The highest BCUT2D eigenvalue weighted by atomic mass is 32.2. The Morgan fingerprint density at radius 3 is 2.61 bits per heavy atom. The number of methoxy groups -OCH3 is 1. The SMILES string of the molecule is COC(=O)c1ccccc1CS(=O)(=O)NCC1(C)CCNCC1. The Balaban J connectivity index is 2.05. The predicted octanol–water partition coefficient (Wildman–Crippen LogP) is 1.28. The molecule has 0 aliphatic carbocycles. The minimum atomic E-state index is -3.51. The highest BCUT2D eigenvalue weighted by molar-refractivity contribution is 7.88. The third kappa shape index (κ3) is 5.02. The number of benzene rings is 1. The van der Waals surface area contributed by atoms with Gasteiger partial charge in [0.15, 0.2) is 0 Å². The number of ether oxygens (including phenoxy) is 1. The van der Waals surface area contributed by atoms with Crippen LogP contribution in [0.2, 0.25) is 0 Å². The lowest BCUT2D eigenvalue weighted by Crippen LogP contribution is -2.43. The standard InChI is InChI=1S/C16H24N2O4S/c1-16(7-9-17-10-8-16)12-18-23(20,21)11-13-5-3-4-6-14(13)15(19)22-2/h3-6,17-18H,7-12H2,1-2H3. The van der Waals surface area contributed by atoms with Crippen molar-refractivity contribution in [2.24, 2.45) is 5.41 Å². The Morgan fingerprint density at radius 2 is 1.96 bits per heavy atom. The molecule has 128 valence electrons. The summed E-state index contributed by atoms with van der Waals surface area (Å²) in [7, 11) is -2.23. The van der Waals surface area contributed by atoms with Crippen molar-refractivity contribution in [2.45, 2.75) is 25.5 Å². The van der Waals surface area contributed by atoms with Crippen LogP contribution in [0.5, 0.6) is 0 Å². The van der Waals surface area contributed by atoms with Crippen molar-refractivity contribution < 1.29 is 17.9 Å². The van der Waals surface area contributed by atoms with Crippen LogP contribution in [-0.4, -0.2) is 41.1 Å². The molecular formula is C16H24N2O4S. The van der Waals surface area contributed by atoms with E-state index >= 15 is 0 Å². The molecule has 1 aliphatic heterocycles. The summed E-state index contributed by atoms with van der Waals surface area (Å²) in [6.07, 6.45) is 1.88. The van der Waals surface area contributed by atoms with E-state index < -0.39 is 16.0 Å². The first kappa shape index (κ1) is 17.9. The predicted molar refractivity (Wildman–Crippen MR) is 88.6 cm³/mol. The molecule has 0 atom stereocenters. The van der Waals surface area contributed by atoms with Crippen LogP contribution in [0.25, 0.3) is 0 Å². The lowest BCUT2D eigenvalue weighted by molar-refractivity contribution is 0.0600. The number of hydrogen-bond donors (Lipinski definition) is 2. The second kappa shape index (κ2) is 7.42. The zero-order valence-corrected chi connectivity index (χ0v) is 14.4. The van der Waals surface area contributed by atoms with Gasteiger partial charge in [-0.2, -0.15) is 0 Å². The van der Waals surface area contributed by atoms with Gasteiger partial charge in [-0.25, -0.2) is 17.9 Å². The minimum Gasteiger partial charge on any atom is -0.465 e. The second-order valence-corrected chi connectivity index (χ2v) is 8.10. The largest absolute Gasteiger partial charge is 0.465 e. The summed E-state index contributed by atoms with van der Waals surface area (Å²) in [6, 6.07) is 6.61. The Bertz CT molecular complexity index is 652. The van der Waals surface area contributed by atoms with Crippen molar-refractivity contribution in [1.82, 2.24) is 10.0 Å². The van der Waals surface area contributed by atoms with E-state index in [0.29, 0.717) is 12.1 Å². The van der Waals surface area contributed by atoms with E-state index in [0.717, 1.165) is 25.9 Å². The highest BCUT2D eigenvalue weighted by Gasteiger charge is 2.28. The van der Waals surface area contributed by atoms with Crippen LogP contribution >= 0.6 is 0 Å². The summed E-state index contributed by atoms with van der Waals surface area (Å²) in [6.45, 7) is 4.32. The molecule has 1 aromatic carbocycles. The Hall–Kier alpha value is -1.44. The van der Waals surface area contributed by atoms with E-state index in [1.165, 1.54) is 7.11 Å². The van der Waals surface area contributed by atoms with E-state index in [2.05, 4.69) is 17.0 Å². The van der Waals surface area contributed by atoms with Gasteiger partial charge in [0.25, 0.3) is 0 Å². The molecule has 6 nitrogen and oxygen atoms in total. The Labute approximate surface area is 137 Å². The topological polar surface area (TPSA) is 84.5 Å². The Kier molecular flexibility index (Phi) is 5.78. The molecule has 7 heteroatoms. The molecule has 2 N–H and O–H groups in total. The zero-order valence-electron chi connectivity index (χ0n) is 13.6. The maximum Gasteiger partial charge on any atom is 0.338 e. The van der Waals surface area contributed by atoms with E-state index in [1.54, 1.807) is 24.3 Å². The molecule has 1 saturated heterocycles. The van der Waals surface area contributed by atoms with Gasteiger partial charge in [0.05, 0.1) is 18.4 Å². The van der Waals surface area contributed by atoms with E-state index in [4.69, 9.17) is 4.74 Å². The number of hydrogen-bond acceptors (Lipinski definition) is 5. The molecule has 0 spiro atoms. The number of rotatable bonds is 6. The summed E-state index contributed by atoms with van der Waals surface area (Å²) in [5.74, 6) is -0.756. The fraction of sp³-hybridized carbons (Fsp3) is 0.562. The van der Waals surface area contributed by atoms with Crippen molar-refractivity contribution in [1.29, 1.82) is 0 Å². The van der Waals surface area contributed by atoms with Crippen molar-refractivity contribution in [3.8, 4) is 0 Å². The molecule has 1 aliphatic rings. The normalized spacial score (nSPS) is 17.7. The molecule has 1 heterocycles. The Morgan fingerprint density at radius 1 is 1.30 bits per heavy atom. The van der Waals surface area contributed by atoms with Crippen molar-refractivity contribution in [3.05, 3.63) is 35.4 Å². The summed E-state index contributed by atoms with van der Waals surface area (Å²) in [4.78, 5) is 11.7. The van der Waals surface area contributed by atoms with Crippen molar-refractivity contribution in [3.63, 3.8) is 0 Å². The fourth-order valence-electron chi connectivity index (χ4n) is 2.70. The van der Waals surface area contributed by atoms with Crippen LogP contribution in [0.15, 0.2) is 24.3 Å². The molecule has 0 amide bonds. The lowest BCUT2D eigenvalue weighted by atomic mass is 9.81. The van der Waals surface area contributed by atoms with E-state index in [9.17, 15) is 13.2 Å². The number of carbonyl (C=O) groups is 1. The van der Waals surface area contributed by atoms with Gasteiger partial charge in [0, 0.05) is 6.54 Å². The van der Waals surface area contributed by atoms with Gasteiger partial charge in [-0.15, -0.1) is 0 Å². The summed E-state index contributed by atoms with van der Waals surface area (Å²) in [5, 5.41) is 3.27. The minimum absolute atomic E-state index is 0.0276. The average Bonchev–Trinajstić information content (AvgIpc) is 2.53. The quantitative estimate of drug-likeness (QED) is 0.762. The molecular weight excluding hydrogens is 316 g/mol. The number of nitrogens with one attached hydrogen (secondary N) is 2. The first-order valence-electron chi connectivity index (χ1n) is 7.69. The van der Waals surface area contributed by atoms with Crippen LogP contribution in [-0.2, 0) is 20.5 Å². The maximum absolute atomic E-state index is 12.4. The van der Waals surface area contributed by atoms with Crippen LogP contribution in [0, 0.1) is 5.41 Å². The summed E-state index contributed by atoms with van der Waals surface area (Å²) < 4.78 is 32.1. The molecule has 2 rings (SSSR count). The number of esters is 1. The lowest BCUT2D eigenvalue weighted by Gasteiger charge is -2.34. The summed E-state index contributed by atoms with van der Waals surface area (Å²) in [5.41, 5.74) is 0.705. The summed E-state index contributed by atoms with van der Waals surface area (Å²) >= 11 is 0.